The summed E-state index contributed by atoms with van der Waals surface area (Å²) in [6.45, 7) is 1.78. The molecule has 0 aliphatic carbocycles. The summed E-state index contributed by atoms with van der Waals surface area (Å²) in [4.78, 5) is 17.7. The molecular formula is C13H15FN4O. The second-order valence-corrected chi connectivity index (χ2v) is 4.53. The zero-order valence-corrected chi connectivity index (χ0v) is 10.5. The number of pyridine rings is 1. The van der Waals surface area contributed by atoms with Crippen LogP contribution in [0.25, 0.3) is 0 Å². The maximum absolute atomic E-state index is 13.3. The largest absolute Gasteiger partial charge is 0.350 e. The van der Waals surface area contributed by atoms with Gasteiger partial charge in [-0.2, -0.15) is 5.26 Å². The molecule has 0 bridgehead atoms. The molecule has 0 spiro atoms. The molecule has 19 heavy (non-hydrogen) atoms. The van der Waals surface area contributed by atoms with Crippen LogP contribution in [0.2, 0.25) is 0 Å². The smallest absolute Gasteiger partial charge is 0.224 e. The molecule has 5 nitrogen and oxygen atoms in total. The van der Waals surface area contributed by atoms with Crippen LogP contribution in [-0.2, 0) is 11.3 Å². The van der Waals surface area contributed by atoms with E-state index in [0.717, 1.165) is 13.0 Å². The van der Waals surface area contributed by atoms with Crippen molar-refractivity contribution in [2.75, 3.05) is 19.6 Å². The molecule has 2 heterocycles. The van der Waals surface area contributed by atoms with Gasteiger partial charge in [-0.25, -0.2) is 4.39 Å². The summed E-state index contributed by atoms with van der Waals surface area (Å²) in [6, 6.07) is 4.90. The number of likely N-dealkylation sites (tertiary alicyclic amines) is 1. The Hall–Kier alpha value is -2.00. The fraction of sp³-hybridized carbons (Fsp3) is 0.462. The topological polar surface area (TPSA) is 69.0 Å². The summed E-state index contributed by atoms with van der Waals surface area (Å²) in [6.07, 6.45) is 2.23. The van der Waals surface area contributed by atoms with E-state index in [-0.39, 0.29) is 24.1 Å². The van der Waals surface area contributed by atoms with Crippen LogP contribution < -0.4 is 5.32 Å². The Kier molecular flexibility index (Phi) is 4.42. The predicted octanol–water partition coefficient (Wildman–Crippen LogP) is 0.682. The van der Waals surface area contributed by atoms with Crippen molar-refractivity contribution < 1.29 is 9.18 Å². The van der Waals surface area contributed by atoms with Gasteiger partial charge in [0.05, 0.1) is 30.8 Å². The molecule has 0 radical (unpaired) electrons. The number of hydrogen-bond donors (Lipinski definition) is 1. The van der Waals surface area contributed by atoms with Crippen LogP contribution in [0.15, 0.2) is 18.3 Å². The van der Waals surface area contributed by atoms with Gasteiger partial charge in [0.2, 0.25) is 5.91 Å². The van der Waals surface area contributed by atoms with Crippen molar-refractivity contribution in [1.82, 2.24) is 15.2 Å². The van der Waals surface area contributed by atoms with Gasteiger partial charge in [-0.1, -0.05) is 0 Å². The summed E-state index contributed by atoms with van der Waals surface area (Å²) >= 11 is 0. The first-order valence-corrected chi connectivity index (χ1v) is 6.17. The summed E-state index contributed by atoms with van der Waals surface area (Å²) in [7, 11) is 0. The van der Waals surface area contributed by atoms with Crippen molar-refractivity contribution in [3.8, 4) is 6.07 Å². The van der Waals surface area contributed by atoms with Gasteiger partial charge in [0.1, 0.15) is 5.82 Å². The molecule has 1 atom stereocenters. The Morgan fingerprint density at radius 2 is 2.53 bits per heavy atom. The van der Waals surface area contributed by atoms with Crippen LogP contribution >= 0.6 is 0 Å². The zero-order valence-electron chi connectivity index (χ0n) is 10.5. The van der Waals surface area contributed by atoms with Gasteiger partial charge in [0.15, 0.2) is 0 Å². The van der Waals surface area contributed by atoms with Crippen LogP contribution in [0.5, 0.6) is 0 Å². The lowest BCUT2D eigenvalue weighted by Crippen LogP contribution is -2.33. The first-order chi connectivity index (χ1) is 9.20. The molecule has 1 aliphatic heterocycles. The van der Waals surface area contributed by atoms with Crippen molar-refractivity contribution in [3.63, 3.8) is 0 Å². The fourth-order valence-electron chi connectivity index (χ4n) is 2.15. The number of aromatic nitrogens is 1. The number of nitrogens with zero attached hydrogens (tertiary/aromatic N) is 3. The highest BCUT2D eigenvalue weighted by Gasteiger charge is 2.27. The summed E-state index contributed by atoms with van der Waals surface area (Å²) in [5, 5.41) is 11.3. The molecule has 100 valence electrons. The van der Waals surface area contributed by atoms with Crippen molar-refractivity contribution in [3.05, 3.63) is 29.8 Å². The summed E-state index contributed by atoms with van der Waals surface area (Å²) < 4.78 is 13.3. The average molecular weight is 262 g/mol. The van der Waals surface area contributed by atoms with Crippen molar-refractivity contribution in [2.24, 2.45) is 5.92 Å². The molecule has 0 aromatic carbocycles. The van der Waals surface area contributed by atoms with Crippen molar-refractivity contribution in [2.45, 2.75) is 13.0 Å². The van der Waals surface area contributed by atoms with E-state index in [4.69, 9.17) is 5.26 Å². The number of amides is 1. The summed E-state index contributed by atoms with van der Waals surface area (Å²) in [5.74, 6) is -0.647. The van der Waals surface area contributed by atoms with Gasteiger partial charge >= 0.3 is 0 Å². The van der Waals surface area contributed by atoms with Gasteiger partial charge in [-0.15, -0.1) is 0 Å². The number of halogens is 1. The first kappa shape index (κ1) is 13.4. The van der Waals surface area contributed by atoms with E-state index in [9.17, 15) is 9.18 Å². The van der Waals surface area contributed by atoms with E-state index >= 15 is 0 Å². The van der Waals surface area contributed by atoms with Gasteiger partial charge in [-0.05, 0) is 25.1 Å². The van der Waals surface area contributed by atoms with Crippen LogP contribution in [-0.4, -0.2) is 35.4 Å². The number of nitriles is 1. The van der Waals surface area contributed by atoms with Crippen LogP contribution in [0.3, 0.4) is 0 Å². The minimum absolute atomic E-state index is 0.0975. The third-order valence-electron chi connectivity index (χ3n) is 3.20. The van der Waals surface area contributed by atoms with Gasteiger partial charge in [-0.3, -0.25) is 14.7 Å². The summed E-state index contributed by atoms with van der Waals surface area (Å²) in [5.41, 5.74) is 0.239. The minimum Gasteiger partial charge on any atom is -0.350 e. The third-order valence-corrected chi connectivity index (χ3v) is 3.20. The highest BCUT2D eigenvalue weighted by atomic mass is 19.1. The SMILES string of the molecule is N#CCN1CC[C@@H](C(=O)NCc2ncccc2F)C1. The number of carbonyl (C=O) groups excluding carboxylic acids is 1. The predicted molar refractivity (Wildman–Crippen MR) is 66.2 cm³/mol. The monoisotopic (exact) mass is 262 g/mol. The van der Waals surface area contributed by atoms with Gasteiger partial charge in [0, 0.05) is 12.7 Å². The second-order valence-electron chi connectivity index (χ2n) is 4.53. The molecule has 6 heteroatoms. The highest BCUT2D eigenvalue weighted by molar-refractivity contribution is 5.79. The molecule has 0 saturated carbocycles. The number of hydrogen-bond acceptors (Lipinski definition) is 4. The highest BCUT2D eigenvalue weighted by Crippen LogP contribution is 2.15. The number of nitrogens with one attached hydrogen (secondary N) is 1. The molecule has 1 amide bonds. The van der Waals surface area contributed by atoms with E-state index in [2.05, 4.69) is 16.4 Å². The molecular weight excluding hydrogens is 247 g/mol. The molecule has 1 aromatic rings. The van der Waals surface area contributed by atoms with Gasteiger partial charge < -0.3 is 5.32 Å². The molecule has 1 saturated heterocycles. The maximum atomic E-state index is 13.3. The van der Waals surface area contributed by atoms with Gasteiger partial charge in [0.25, 0.3) is 0 Å². The van der Waals surface area contributed by atoms with E-state index in [1.807, 2.05) is 4.90 Å². The molecule has 0 unspecified atom stereocenters. The average Bonchev–Trinajstić information content (AvgIpc) is 2.87. The lowest BCUT2D eigenvalue weighted by atomic mass is 10.1. The molecule has 1 aromatic heterocycles. The van der Waals surface area contributed by atoms with E-state index < -0.39 is 5.82 Å². The minimum atomic E-state index is -0.416. The Bertz CT molecular complexity index is 500. The van der Waals surface area contributed by atoms with E-state index in [1.54, 1.807) is 0 Å². The first-order valence-electron chi connectivity index (χ1n) is 6.17. The van der Waals surface area contributed by atoms with E-state index in [1.165, 1.54) is 18.3 Å². The third kappa shape index (κ3) is 3.48. The molecule has 2 rings (SSSR count). The molecule has 1 aliphatic rings. The quantitative estimate of drug-likeness (QED) is 0.810. The van der Waals surface area contributed by atoms with Crippen LogP contribution in [0.4, 0.5) is 4.39 Å². The van der Waals surface area contributed by atoms with E-state index in [0.29, 0.717) is 13.1 Å². The lowest BCUT2D eigenvalue weighted by Gasteiger charge is -2.12. The Morgan fingerprint density at radius 3 is 3.26 bits per heavy atom. The van der Waals surface area contributed by atoms with Crippen molar-refractivity contribution >= 4 is 5.91 Å². The standard InChI is InChI=1S/C13H15FN4O/c14-11-2-1-5-16-12(11)8-17-13(19)10-3-6-18(9-10)7-4-15/h1-2,5,10H,3,6-9H2,(H,17,19)/t10-/m1/s1. The lowest BCUT2D eigenvalue weighted by molar-refractivity contribution is -0.124. The normalized spacial score (nSPS) is 19.1. The Morgan fingerprint density at radius 1 is 1.68 bits per heavy atom. The molecule has 1 N–H and O–H groups in total. The maximum Gasteiger partial charge on any atom is 0.224 e. The number of carbonyl (C=O) groups is 1. The second kappa shape index (κ2) is 6.25. The fourth-order valence-corrected chi connectivity index (χ4v) is 2.15. The Balaban J connectivity index is 1.83. The number of rotatable bonds is 4. The van der Waals surface area contributed by atoms with Crippen molar-refractivity contribution in [1.29, 1.82) is 5.26 Å². The zero-order chi connectivity index (χ0) is 13.7. The van der Waals surface area contributed by atoms with Crippen LogP contribution in [0, 0.1) is 23.1 Å². The van der Waals surface area contributed by atoms with Crippen LogP contribution in [0.1, 0.15) is 12.1 Å². The Labute approximate surface area is 111 Å². The molecule has 1 fully saturated rings.